The van der Waals surface area contributed by atoms with Crippen LogP contribution in [0, 0.1) is 5.41 Å². The molecule has 0 atom stereocenters. The summed E-state index contributed by atoms with van der Waals surface area (Å²) in [6.45, 7) is 2.36. The highest BCUT2D eigenvalue weighted by Crippen LogP contribution is 2.12. The number of methoxy groups -OCH3 is 3. The minimum atomic E-state index is -1.24. The van der Waals surface area contributed by atoms with Crippen molar-refractivity contribution in [2.24, 2.45) is 0 Å². The van der Waals surface area contributed by atoms with Gasteiger partial charge < -0.3 is 63.4 Å². The van der Waals surface area contributed by atoms with Crippen LogP contribution >= 0.6 is 0 Å². The quantitative estimate of drug-likeness (QED) is 0.0383. The van der Waals surface area contributed by atoms with Gasteiger partial charge in [0.15, 0.2) is 0 Å². The number of hydrogen-bond acceptors (Lipinski definition) is 16. The highest BCUT2D eigenvalue weighted by atomic mass is 16.6. The van der Waals surface area contributed by atoms with Gasteiger partial charge in [0.1, 0.15) is 5.54 Å². The fourth-order valence-electron chi connectivity index (χ4n) is 4.16. The highest BCUT2D eigenvalue weighted by molar-refractivity contribution is 5.94. The molecular formula is C35H55N3O15. The smallest absolute Gasteiger partial charge is 0.307 e. The predicted molar refractivity (Wildman–Crippen MR) is 188 cm³/mol. The summed E-state index contributed by atoms with van der Waals surface area (Å²) in [6, 6.07) is 6.72. The molecule has 0 spiro atoms. The van der Waals surface area contributed by atoms with Crippen LogP contribution in [0.2, 0.25) is 0 Å². The number of esters is 3. The van der Waals surface area contributed by atoms with Gasteiger partial charge in [-0.25, -0.2) is 0 Å². The first-order valence-electron chi connectivity index (χ1n) is 17.1. The van der Waals surface area contributed by atoms with Gasteiger partial charge in [-0.05, 0) is 17.7 Å². The van der Waals surface area contributed by atoms with Crippen molar-refractivity contribution >= 4 is 35.9 Å². The van der Waals surface area contributed by atoms with Crippen molar-refractivity contribution in [3.05, 3.63) is 35.4 Å². The third-order valence-corrected chi connectivity index (χ3v) is 7.04. The number of hydrogen-bond donors (Lipinski definition) is 3. The summed E-state index contributed by atoms with van der Waals surface area (Å²) >= 11 is 0. The van der Waals surface area contributed by atoms with E-state index in [2.05, 4.69) is 24.8 Å². The third kappa shape index (κ3) is 24.0. The highest BCUT2D eigenvalue weighted by Gasteiger charge is 2.34. The zero-order chi connectivity index (χ0) is 39.0. The molecule has 0 aliphatic rings. The van der Waals surface area contributed by atoms with E-state index in [-0.39, 0.29) is 91.1 Å². The van der Waals surface area contributed by atoms with Crippen LogP contribution in [-0.4, -0.2) is 162 Å². The Hall–Kier alpha value is -4.04. The van der Waals surface area contributed by atoms with Gasteiger partial charge in [-0.15, -0.1) is 0 Å². The summed E-state index contributed by atoms with van der Waals surface area (Å²) in [5.74, 6) is -2.02. The van der Waals surface area contributed by atoms with E-state index in [0.717, 1.165) is 5.56 Å². The van der Waals surface area contributed by atoms with Gasteiger partial charge in [0.05, 0.1) is 133 Å². The summed E-state index contributed by atoms with van der Waals surface area (Å²) in [7, 11) is 3.78. The lowest BCUT2D eigenvalue weighted by Gasteiger charge is -2.34. The van der Waals surface area contributed by atoms with Gasteiger partial charge >= 0.3 is 17.9 Å². The summed E-state index contributed by atoms with van der Waals surface area (Å²) in [4.78, 5) is 59.7. The maximum atomic E-state index is 13.0. The van der Waals surface area contributed by atoms with E-state index in [4.69, 9.17) is 38.6 Å². The molecule has 18 heteroatoms. The molecule has 0 radical (unpaired) electrons. The van der Waals surface area contributed by atoms with Gasteiger partial charge in [-0.1, -0.05) is 12.1 Å². The van der Waals surface area contributed by atoms with Crippen LogP contribution in [0.25, 0.3) is 0 Å². The summed E-state index contributed by atoms with van der Waals surface area (Å²) in [6.07, 6.45) is 1.15. The SMILES string of the molecule is COC(=O)CCOCC(COCCC(=O)OC)(COCCC(=O)OC)NC(=O)CCOCCOCCOCCOCCNC(=O)c1ccc(C=N)cc1. The van der Waals surface area contributed by atoms with Crippen molar-refractivity contribution in [3.63, 3.8) is 0 Å². The van der Waals surface area contributed by atoms with Gasteiger partial charge in [0.2, 0.25) is 5.91 Å². The molecule has 53 heavy (non-hydrogen) atoms. The second kappa shape index (κ2) is 30.4. The van der Waals surface area contributed by atoms with Gasteiger partial charge in [-0.2, -0.15) is 0 Å². The first kappa shape index (κ1) is 47.0. The van der Waals surface area contributed by atoms with Gasteiger partial charge in [-0.3, -0.25) is 24.0 Å². The monoisotopic (exact) mass is 757 g/mol. The second-order valence-corrected chi connectivity index (χ2v) is 11.2. The number of rotatable bonds is 33. The Bertz CT molecular complexity index is 1140. The Morgan fingerprint density at radius 3 is 1.38 bits per heavy atom. The molecule has 0 unspecified atom stereocenters. The van der Waals surface area contributed by atoms with Crippen molar-refractivity contribution in [2.75, 3.05) is 120 Å². The average molecular weight is 758 g/mol. The number of carbonyl (C=O) groups excluding carboxylic acids is 5. The van der Waals surface area contributed by atoms with E-state index < -0.39 is 29.4 Å². The molecule has 1 aromatic rings. The molecule has 0 heterocycles. The molecule has 0 aromatic heterocycles. The second-order valence-electron chi connectivity index (χ2n) is 11.2. The van der Waals surface area contributed by atoms with Crippen molar-refractivity contribution in [2.45, 2.75) is 31.2 Å². The average Bonchev–Trinajstić information content (AvgIpc) is 3.17. The predicted octanol–water partition coefficient (Wildman–Crippen LogP) is 0.465. The third-order valence-electron chi connectivity index (χ3n) is 7.04. The molecule has 0 aliphatic heterocycles. The standard InChI is InChI=1S/C35H55N3O15/c1-44-31(40)9-14-51-25-35(26-52-15-10-32(41)45-2,27-53-16-11-33(42)46-3)38-30(39)8-13-47-18-20-49-22-23-50-21-19-48-17-12-37-34(43)29-6-4-28(24-36)5-7-29/h4-7,24,36H,8-23,25-27H2,1-3H3,(H,37,43)(H,38,39). The van der Waals surface area contributed by atoms with Crippen molar-refractivity contribution in [1.82, 2.24) is 10.6 Å². The Kier molecular flexibility index (Phi) is 27.0. The lowest BCUT2D eigenvalue weighted by Crippen LogP contribution is -2.59. The summed E-state index contributed by atoms with van der Waals surface area (Å²) in [5.41, 5.74) is -0.00539. The largest absolute Gasteiger partial charge is 0.469 e. The van der Waals surface area contributed by atoms with E-state index in [0.29, 0.717) is 45.1 Å². The molecule has 0 saturated carbocycles. The normalized spacial score (nSPS) is 11.1. The summed E-state index contributed by atoms with van der Waals surface area (Å²) in [5, 5.41) is 12.8. The number of nitrogens with one attached hydrogen (secondary N) is 3. The van der Waals surface area contributed by atoms with Crippen LogP contribution in [-0.2, 0) is 66.5 Å². The minimum Gasteiger partial charge on any atom is -0.469 e. The Labute approximate surface area is 310 Å². The van der Waals surface area contributed by atoms with E-state index >= 15 is 0 Å². The van der Waals surface area contributed by atoms with E-state index in [1.165, 1.54) is 27.5 Å². The van der Waals surface area contributed by atoms with E-state index in [1.54, 1.807) is 24.3 Å². The molecule has 300 valence electrons. The molecule has 0 bridgehead atoms. The molecule has 1 rings (SSSR count). The lowest BCUT2D eigenvalue weighted by molar-refractivity contribution is -0.143. The Morgan fingerprint density at radius 1 is 0.566 bits per heavy atom. The Morgan fingerprint density at radius 2 is 0.962 bits per heavy atom. The molecule has 2 amide bonds. The Balaban J connectivity index is 2.34. The van der Waals surface area contributed by atoms with E-state index in [1.807, 2.05) is 0 Å². The van der Waals surface area contributed by atoms with Gasteiger partial charge in [0, 0.05) is 24.7 Å². The number of ether oxygens (including phenoxy) is 10. The molecule has 1 aromatic carbocycles. The summed E-state index contributed by atoms with van der Waals surface area (Å²) < 4.78 is 52.9. The van der Waals surface area contributed by atoms with Gasteiger partial charge in [0.25, 0.3) is 5.91 Å². The van der Waals surface area contributed by atoms with Crippen LogP contribution in [0.15, 0.2) is 24.3 Å². The zero-order valence-corrected chi connectivity index (χ0v) is 30.9. The number of amides is 2. The van der Waals surface area contributed by atoms with E-state index in [9.17, 15) is 24.0 Å². The molecule has 0 fully saturated rings. The van der Waals surface area contributed by atoms with Crippen LogP contribution in [0.3, 0.4) is 0 Å². The molecule has 18 nitrogen and oxygen atoms in total. The van der Waals surface area contributed by atoms with Crippen LogP contribution in [0.1, 0.15) is 41.6 Å². The topological polar surface area (TPSA) is 226 Å². The number of carbonyl (C=O) groups is 5. The molecule has 3 N–H and O–H groups in total. The van der Waals surface area contributed by atoms with Crippen molar-refractivity contribution in [1.29, 1.82) is 5.41 Å². The maximum Gasteiger partial charge on any atom is 0.307 e. The molecular weight excluding hydrogens is 702 g/mol. The first-order chi connectivity index (χ1) is 25.7. The zero-order valence-electron chi connectivity index (χ0n) is 30.9. The minimum absolute atomic E-state index is 0.00229. The number of benzene rings is 1. The fraction of sp³-hybridized carbons (Fsp3) is 0.657. The van der Waals surface area contributed by atoms with Crippen LogP contribution in [0.4, 0.5) is 0 Å². The van der Waals surface area contributed by atoms with Crippen LogP contribution in [0.5, 0.6) is 0 Å². The van der Waals surface area contributed by atoms with Crippen LogP contribution < -0.4 is 10.6 Å². The molecule has 0 saturated heterocycles. The maximum absolute atomic E-state index is 13.0. The lowest BCUT2D eigenvalue weighted by atomic mass is 10.0. The fourth-order valence-corrected chi connectivity index (χ4v) is 4.16. The van der Waals surface area contributed by atoms with Crippen molar-refractivity contribution in [3.8, 4) is 0 Å². The van der Waals surface area contributed by atoms with Crippen molar-refractivity contribution < 1.29 is 71.3 Å². The molecule has 0 aliphatic carbocycles. The first-order valence-corrected chi connectivity index (χ1v) is 17.1.